The normalized spacial score (nSPS) is 24.9. The molecule has 3 heteroatoms. The molecule has 106 valence electrons. The zero-order valence-corrected chi connectivity index (χ0v) is 13.1. The van der Waals surface area contributed by atoms with Gasteiger partial charge in [0, 0.05) is 17.9 Å². The maximum atomic E-state index is 6.23. The molecule has 19 heavy (non-hydrogen) atoms. The summed E-state index contributed by atoms with van der Waals surface area (Å²) in [6.07, 6.45) is 2.46. The van der Waals surface area contributed by atoms with Crippen LogP contribution in [0, 0.1) is 12.3 Å². The monoisotopic (exact) mass is 281 g/mol. The second-order valence-corrected chi connectivity index (χ2v) is 6.51. The summed E-state index contributed by atoms with van der Waals surface area (Å²) >= 11 is 6.23. The summed E-state index contributed by atoms with van der Waals surface area (Å²) in [6, 6.07) is 6.51. The molecule has 0 radical (unpaired) electrons. The molecule has 1 aliphatic rings. The molecular formula is C16H24ClNO. The van der Waals surface area contributed by atoms with E-state index in [-0.39, 0.29) is 11.5 Å². The van der Waals surface area contributed by atoms with Crippen molar-refractivity contribution in [2.45, 2.75) is 52.7 Å². The van der Waals surface area contributed by atoms with Crippen LogP contribution in [-0.4, -0.2) is 18.7 Å². The lowest BCUT2D eigenvalue weighted by atomic mass is 9.64. The molecule has 2 atom stereocenters. The van der Waals surface area contributed by atoms with Gasteiger partial charge < -0.3 is 10.1 Å². The van der Waals surface area contributed by atoms with E-state index >= 15 is 0 Å². The maximum absolute atomic E-state index is 6.23. The zero-order valence-electron chi connectivity index (χ0n) is 12.3. The van der Waals surface area contributed by atoms with Gasteiger partial charge in [-0.15, -0.1) is 0 Å². The molecule has 1 fully saturated rings. The van der Waals surface area contributed by atoms with Crippen molar-refractivity contribution in [2.75, 3.05) is 6.54 Å². The Kier molecular flexibility index (Phi) is 4.42. The minimum absolute atomic E-state index is 0.156. The molecule has 0 spiro atoms. The first-order valence-corrected chi connectivity index (χ1v) is 7.49. The van der Waals surface area contributed by atoms with Gasteiger partial charge in [-0.05, 0) is 37.6 Å². The molecule has 2 unspecified atom stereocenters. The number of hydrogen-bond donors (Lipinski definition) is 1. The average molecular weight is 282 g/mol. The lowest BCUT2D eigenvalue weighted by molar-refractivity contribution is -0.0545. The van der Waals surface area contributed by atoms with E-state index in [2.05, 4.69) is 26.1 Å². The Morgan fingerprint density at radius 1 is 1.42 bits per heavy atom. The van der Waals surface area contributed by atoms with E-state index in [0.717, 1.165) is 24.3 Å². The van der Waals surface area contributed by atoms with E-state index < -0.39 is 0 Å². The van der Waals surface area contributed by atoms with E-state index in [1.165, 1.54) is 6.42 Å². The minimum atomic E-state index is 0.156. The molecule has 2 nitrogen and oxygen atoms in total. The van der Waals surface area contributed by atoms with Gasteiger partial charge in [0.15, 0.2) is 0 Å². The quantitative estimate of drug-likeness (QED) is 0.874. The van der Waals surface area contributed by atoms with E-state index in [1.807, 2.05) is 25.1 Å². The van der Waals surface area contributed by atoms with E-state index in [1.54, 1.807) is 0 Å². The van der Waals surface area contributed by atoms with Gasteiger partial charge in [-0.3, -0.25) is 0 Å². The molecule has 0 aliphatic heterocycles. The first-order valence-electron chi connectivity index (χ1n) is 7.11. The van der Waals surface area contributed by atoms with Crippen molar-refractivity contribution < 1.29 is 4.74 Å². The van der Waals surface area contributed by atoms with Crippen LogP contribution in [0.3, 0.4) is 0 Å². The van der Waals surface area contributed by atoms with Gasteiger partial charge >= 0.3 is 0 Å². The summed E-state index contributed by atoms with van der Waals surface area (Å²) < 4.78 is 6.09. The Labute approximate surface area is 121 Å². The molecule has 1 aromatic rings. The van der Waals surface area contributed by atoms with Crippen LogP contribution >= 0.6 is 11.6 Å². The first-order chi connectivity index (χ1) is 8.95. The third kappa shape index (κ3) is 3.06. The molecule has 0 aromatic heterocycles. The summed E-state index contributed by atoms with van der Waals surface area (Å²) in [5.74, 6) is 0.805. The molecule has 0 heterocycles. The van der Waals surface area contributed by atoms with Gasteiger partial charge in [-0.2, -0.15) is 0 Å². The van der Waals surface area contributed by atoms with Crippen LogP contribution in [-0.2, 0) is 0 Å². The zero-order chi connectivity index (χ0) is 14.0. The predicted octanol–water partition coefficient (Wildman–Crippen LogP) is 4.19. The molecule has 2 rings (SSSR count). The molecule has 0 amide bonds. The van der Waals surface area contributed by atoms with Crippen molar-refractivity contribution in [3.63, 3.8) is 0 Å². The number of halogens is 1. The van der Waals surface area contributed by atoms with Crippen molar-refractivity contribution >= 4 is 11.6 Å². The van der Waals surface area contributed by atoms with Gasteiger partial charge in [0.2, 0.25) is 0 Å². The fourth-order valence-corrected chi connectivity index (χ4v) is 2.88. The van der Waals surface area contributed by atoms with Crippen LogP contribution in [0.2, 0.25) is 5.02 Å². The lowest BCUT2D eigenvalue weighted by Crippen LogP contribution is -2.62. The van der Waals surface area contributed by atoms with Crippen molar-refractivity contribution in [1.82, 2.24) is 5.32 Å². The van der Waals surface area contributed by atoms with E-state index in [0.29, 0.717) is 11.1 Å². The fraction of sp³-hybridized carbons (Fsp3) is 0.625. The Balaban J connectivity index is 1.98. The summed E-state index contributed by atoms with van der Waals surface area (Å²) in [5, 5.41) is 4.29. The summed E-state index contributed by atoms with van der Waals surface area (Å²) in [5.41, 5.74) is 1.32. The Morgan fingerprint density at radius 2 is 2.16 bits per heavy atom. The van der Waals surface area contributed by atoms with Gasteiger partial charge in [0.1, 0.15) is 11.9 Å². The van der Waals surface area contributed by atoms with E-state index in [9.17, 15) is 0 Å². The van der Waals surface area contributed by atoms with Crippen LogP contribution < -0.4 is 10.1 Å². The van der Waals surface area contributed by atoms with Crippen LogP contribution in [0.4, 0.5) is 0 Å². The number of nitrogens with one attached hydrogen (secondary N) is 1. The lowest BCUT2D eigenvalue weighted by Gasteiger charge is -2.51. The minimum Gasteiger partial charge on any atom is -0.488 e. The van der Waals surface area contributed by atoms with Crippen LogP contribution in [0.15, 0.2) is 18.2 Å². The number of rotatable bonds is 5. The number of ether oxygens (including phenoxy) is 1. The summed E-state index contributed by atoms with van der Waals surface area (Å²) in [6.45, 7) is 9.83. The van der Waals surface area contributed by atoms with Crippen molar-refractivity contribution in [3.05, 3.63) is 28.8 Å². The maximum Gasteiger partial charge on any atom is 0.138 e. The van der Waals surface area contributed by atoms with Gasteiger partial charge in [-0.1, -0.05) is 38.4 Å². The van der Waals surface area contributed by atoms with Crippen molar-refractivity contribution in [1.29, 1.82) is 0 Å². The van der Waals surface area contributed by atoms with Crippen molar-refractivity contribution in [3.8, 4) is 5.75 Å². The number of benzene rings is 1. The molecular weight excluding hydrogens is 258 g/mol. The fourth-order valence-electron chi connectivity index (χ4n) is 2.61. The van der Waals surface area contributed by atoms with Gasteiger partial charge in [0.25, 0.3) is 0 Å². The van der Waals surface area contributed by atoms with Crippen molar-refractivity contribution in [2.24, 2.45) is 5.41 Å². The molecule has 0 saturated heterocycles. The summed E-state index contributed by atoms with van der Waals surface area (Å²) in [7, 11) is 0. The standard InChI is InChI=1S/C16H24ClNO/c1-5-8-18-14-10-15(16(14,3)4)19-13-7-6-11(2)9-12(13)17/h6-7,9,14-15,18H,5,8,10H2,1-4H3. The number of hydrogen-bond acceptors (Lipinski definition) is 2. The SMILES string of the molecule is CCCNC1CC(Oc2ccc(C)cc2Cl)C1(C)C. The Morgan fingerprint density at radius 3 is 2.74 bits per heavy atom. The largest absolute Gasteiger partial charge is 0.488 e. The number of aryl methyl sites for hydroxylation is 1. The van der Waals surface area contributed by atoms with Crippen LogP contribution in [0.5, 0.6) is 5.75 Å². The van der Waals surface area contributed by atoms with Gasteiger partial charge in [-0.25, -0.2) is 0 Å². The first kappa shape index (κ1) is 14.7. The Hall–Kier alpha value is -0.730. The van der Waals surface area contributed by atoms with Gasteiger partial charge in [0.05, 0.1) is 5.02 Å². The highest BCUT2D eigenvalue weighted by molar-refractivity contribution is 6.32. The third-order valence-electron chi connectivity index (χ3n) is 4.18. The average Bonchev–Trinajstić information content (AvgIpc) is 2.35. The molecule has 0 bridgehead atoms. The molecule has 1 aliphatic carbocycles. The predicted molar refractivity (Wildman–Crippen MR) is 81.1 cm³/mol. The summed E-state index contributed by atoms with van der Waals surface area (Å²) in [4.78, 5) is 0. The molecule has 1 aromatic carbocycles. The second kappa shape index (κ2) is 5.72. The molecule has 1 saturated carbocycles. The van der Waals surface area contributed by atoms with Crippen LogP contribution in [0.25, 0.3) is 0 Å². The highest BCUT2D eigenvalue weighted by Gasteiger charge is 2.49. The Bertz CT molecular complexity index is 444. The molecule has 1 N–H and O–H groups in total. The van der Waals surface area contributed by atoms with E-state index in [4.69, 9.17) is 16.3 Å². The second-order valence-electron chi connectivity index (χ2n) is 6.10. The smallest absolute Gasteiger partial charge is 0.138 e. The third-order valence-corrected chi connectivity index (χ3v) is 4.47. The highest BCUT2D eigenvalue weighted by Crippen LogP contribution is 2.44. The highest BCUT2D eigenvalue weighted by atomic mass is 35.5. The topological polar surface area (TPSA) is 21.3 Å². The van der Waals surface area contributed by atoms with Crippen LogP contribution in [0.1, 0.15) is 39.2 Å².